The Hall–Kier alpha value is -1.66. The first-order valence-electron chi connectivity index (χ1n) is 3.05. The fraction of sp³-hybridized carbons (Fsp3) is 0. The molecule has 1 rings (SSSR count). The summed E-state index contributed by atoms with van der Waals surface area (Å²) >= 11 is 0. The molecule has 12 heavy (non-hydrogen) atoms. The maximum atomic E-state index is 10.2. The first kappa shape index (κ1) is 8.44. The molecular weight excluding hydrogens is 164 g/mol. The van der Waals surface area contributed by atoms with Crippen molar-refractivity contribution in [3.05, 3.63) is 34.4 Å². The molecule has 0 bridgehead atoms. The topological polar surface area (TPSA) is 84.6 Å². The van der Waals surface area contributed by atoms with Gasteiger partial charge in [-0.1, -0.05) is 0 Å². The summed E-state index contributed by atoms with van der Waals surface area (Å²) in [5.74, 6) is 0. The second-order valence-corrected chi connectivity index (χ2v) is 2.00. The third kappa shape index (κ3) is 1.91. The van der Waals surface area contributed by atoms with Gasteiger partial charge in [-0.3, -0.25) is 10.1 Å². The van der Waals surface area contributed by atoms with E-state index in [-0.39, 0.29) is 5.69 Å². The van der Waals surface area contributed by atoms with Crippen LogP contribution < -0.4 is 5.48 Å². The molecule has 0 aliphatic heterocycles. The summed E-state index contributed by atoms with van der Waals surface area (Å²) in [7, 11) is 0. The van der Waals surface area contributed by atoms with Crippen LogP contribution in [-0.2, 0) is 4.99 Å². The molecule has 0 aliphatic rings. The number of nitrogens with zero attached hydrogens (tertiary/aromatic N) is 1. The van der Waals surface area contributed by atoms with Crippen LogP contribution in [0.1, 0.15) is 0 Å². The van der Waals surface area contributed by atoms with E-state index in [1.54, 1.807) is 0 Å². The smallest absolute Gasteiger partial charge is 0.258 e. The quantitative estimate of drug-likeness (QED) is 0.407. The van der Waals surface area contributed by atoms with Crippen molar-refractivity contribution in [1.82, 2.24) is 0 Å². The molecule has 0 atom stereocenters. The summed E-state index contributed by atoms with van der Waals surface area (Å²) in [6.07, 6.45) is 0. The molecule has 0 aromatic heterocycles. The van der Waals surface area contributed by atoms with Crippen molar-refractivity contribution >= 4 is 11.4 Å². The van der Waals surface area contributed by atoms with Gasteiger partial charge in [-0.25, -0.2) is 10.7 Å². The number of hydrogen-bond donors (Lipinski definition) is 2. The van der Waals surface area contributed by atoms with Crippen LogP contribution in [0.5, 0.6) is 0 Å². The lowest BCUT2D eigenvalue weighted by molar-refractivity contribution is -0.384. The van der Waals surface area contributed by atoms with Gasteiger partial charge in [0.05, 0.1) is 10.6 Å². The van der Waals surface area contributed by atoms with Crippen LogP contribution in [-0.4, -0.2) is 10.2 Å². The van der Waals surface area contributed by atoms with E-state index in [1.807, 2.05) is 0 Å². The van der Waals surface area contributed by atoms with Crippen molar-refractivity contribution in [3.8, 4) is 0 Å². The Kier molecular flexibility index (Phi) is 2.57. The highest BCUT2D eigenvalue weighted by Crippen LogP contribution is 2.14. The van der Waals surface area contributed by atoms with E-state index in [2.05, 4.69) is 10.5 Å². The SMILES string of the molecule is O=[N+]([O-])c1ccc(NOO)cc1. The maximum absolute atomic E-state index is 10.2. The van der Waals surface area contributed by atoms with Gasteiger partial charge in [0.2, 0.25) is 0 Å². The third-order valence-electron chi connectivity index (χ3n) is 1.24. The van der Waals surface area contributed by atoms with Crippen LogP contribution in [0.3, 0.4) is 0 Å². The number of benzene rings is 1. The van der Waals surface area contributed by atoms with Crippen LogP contribution in [0.15, 0.2) is 24.3 Å². The summed E-state index contributed by atoms with van der Waals surface area (Å²) in [4.78, 5) is 13.3. The van der Waals surface area contributed by atoms with Crippen molar-refractivity contribution < 1.29 is 15.2 Å². The third-order valence-corrected chi connectivity index (χ3v) is 1.24. The zero-order valence-electron chi connectivity index (χ0n) is 5.93. The zero-order valence-corrected chi connectivity index (χ0v) is 5.93. The number of nitrogens with one attached hydrogen (secondary N) is 1. The minimum atomic E-state index is -0.510. The molecule has 0 heterocycles. The van der Waals surface area contributed by atoms with E-state index >= 15 is 0 Å². The highest BCUT2D eigenvalue weighted by Gasteiger charge is 2.02. The van der Waals surface area contributed by atoms with Crippen molar-refractivity contribution in [3.63, 3.8) is 0 Å². The van der Waals surface area contributed by atoms with Gasteiger partial charge >= 0.3 is 0 Å². The molecule has 0 unspecified atom stereocenters. The highest BCUT2D eigenvalue weighted by atomic mass is 17.2. The predicted molar refractivity (Wildman–Crippen MR) is 40.4 cm³/mol. The van der Waals surface area contributed by atoms with Crippen LogP contribution in [0.2, 0.25) is 0 Å². The monoisotopic (exact) mass is 170 g/mol. The first-order chi connectivity index (χ1) is 5.74. The van der Waals surface area contributed by atoms with Crippen LogP contribution >= 0.6 is 0 Å². The summed E-state index contributed by atoms with van der Waals surface area (Å²) in [6.45, 7) is 0. The van der Waals surface area contributed by atoms with Gasteiger partial charge in [0.25, 0.3) is 5.69 Å². The lowest BCUT2D eigenvalue weighted by Gasteiger charge is -1.98. The molecule has 0 amide bonds. The molecule has 1 aromatic carbocycles. The van der Waals surface area contributed by atoms with E-state index in [0.717, 1.165) is 0 Å². The predicted octanol–water partition coefficient (Wildman–Crippen LogP) is 1.41. The van der Waals surface area contributed by atoms with Gasteiger partial charge in [-0.15, -0.1) is 4.99 Å². The van der Waals surface area contributed by atoms with Crippen molar-refractivity contribution in [2.45, 2.75) is 0 Å². The van der Waals surface area contributed by atoms with Gasteiger partial charge < -0.3 is 0 Å². The van der Waals surface area contributed by atoms with Crippen molar-refractivity contribution in [2.24, 2.45) is 0 Å². The number of rotatable bonds is 3. The normalized spacial score (nSPS) is 9.42. The molecule has 64 valence electrons. The molecule has 6 heteroatoms. The fourth-order valence-corrected chi connectivity index (χ4v) is 0.704. The molecule has 0 spiro atoms. The molecule has 0 saturated carbocycles. The minimum absolute atomic E-state index is 0.0153. The average Bonchev–Trinajstić information content (AvgIpc) is 2.06. The van der Waals surface area contributed by atoms with Gasteiger partial charge in [0, 0.05) is 12.1 Å². The summed E-state index contributed by atoms with van der Waals surface area (Å²) in [5, 5.41) is 18.1. The van der Waals surface area contributed by atoms with Crippen molar-refractivity contribution in [1.29, 1.82) is 0 Å². The van der Waals surface area contributed by atoms with E-state index < -0.39 is 4.92 Å². The average molecular weight is 170 g/mol. The Balaban J connectivity index is 2.78. The van der Waals surface area contributed by atoms with Crippen LogP contribution in [0.25, 0.3) is 0 Å². The summed E-state index contributed by atoms with van der Waals surface area (Å²) in [5.41, 5.74) is 2.52. The number of nitro groups is 1. The van der Waals surface area contributed by atoms with E-state index in [9.17, 15) is 10.1 Å². The fourth-order valence-electron chi connectivity index (χ4n) is 0.704. The van der Waals surface area contributed by atoms with Gasteiger partial charge in [-0.2, -0.15) is 0 Å². The molecule has 0 saturated heterocycles. The molecule has 0 aliphatic carbocycles. The van der Waals surface area contributed by atoms with Gasteiger partial charge in [0.15, 0.2) is 0 Å². The number of anilines is 1. The maximum Gasteiger partial charge on any atom is 0.269 e. The second kappa shape index (κ2) is 3.65. The van der Waals surface area contributed by atoms with Gasteiger partial charge in [0.1, 0.15) is 0 Å². The Morgan fingerprint density at radius 1 is 1.42 bits per heavy atom. The Bertz CT molecular complexity index is 271. The molecule has 0 radical (unpaired) electrons. The minimum Gasteiger partial charge on any atom is -0.258 e. The first-order valence-corrected chi connectivity index (χ1v) is 3.05. The Morgan fingerprint density at radius 3 is 2.42 bits per heavy atom. The second-order valence-electron chi connectivity index (χ2n) is 2.00. The molecule has 6 nitrogen and oxygen atoms in total. The molecular formula is C6H6N2O4. The highest BCUT2D eigenvalue weighted by molar-refractivity contribution is 5.46. The number of non-ortho nitro benzene ring substituents is 1. The summed E-state index contributed by atoms with van der Waals surface area (Å²) in [6, 6.07) is 5.41. The van der Waals surface area contributed by atoms with E-state index in [0.29, 0.717) is 5.69 Å². The molecule has 0 fully saturated rings. The van der Waals surface area contributed by atoms with Crippen LogP contribution in [0.4, 0.5) is 11.4 Å². The lowest BCUT2D eigenvalue weighted by atomic mass is 10.3. The lowest BCUT2D eigenvalue weighted by Crippen LogP contribution is -1.95. The van der Waals surface area contributed by atoms with Crippen molar-refractivity contribution in [2.75, 3.05) is 5.48 Å². The van der Waals surface area contributed by atoms with Crippen LogP contribution in [0, 0.1) is 10.1 Å². The van der Waals surface area contributed by atoms with E-state index in [1.165, 1.54) is 24.3 Å². The van der Waals surface area contributed by atoms with Gasteiger partial charge in [-0.05, 0) is 12.1 Å². The molecule has 1 aromatic rings. The summed E-state index contributed by atoms with van der Waals surface area (Å²) < 4.78 is 0. The number of nitro benzene ring substituents is 1. The largest absolute Gasteiger partial charge is 0.269 e. The Morgan fingerprint density at radius 2 is 2.00 bits per heavy atom. The zero-order chi connectivity index (χ0) is 8.97. The molecule has 2 N–H and O–H groups in total. The van der Waals surface area contributed by atoms with E-state index in [4.69, 9.17) is 5.26 Å². The number of hydrogen-bond acceptors (Lipinski definition) is 5. The Labute approximate surface area is 67.4 Å². The standard InChI is InChI=1S/C6H6N2O4/c9-8(10)6-3-1-5(2-4-6)7-12-11/h1-4,7,11H.